The monoisotopic (exact) mass is 199 g/mol. The Morgan fingerprint density at radius 1 is 1.46 bits per heavy atom. The van der Waals surface area contributed by atoms with Gasteiger partial charge in [0.15, 0.2) is 0 Å². The van der Waals surface area contributed by atoms with Crippen molar-refractivity contribution in [3.63, 3.8) is 0 Å². The molecule has 1 rings (SSSR count). The Bertz CT molecular complexity index is 288. The van der Waals surface area contributed by atoms with Gasteiger partial charge in [0.05, 0.1) is 13.2 Å². The predicted molar refractivity (Wildman–Crippen MR) is 54.7 cm³/mol. The van der Waals surface area contributed by atoms with E-state index in [4.69, 9.17) is 16.4 Å². The second kappa shape index (κ2) is 4.61. The molecular formula is C10H14ClNO. The lowest BCUT2D eigenvalue weighted by atomic mass is 10.1. The predicted octanol–water partition coefficient (Wildman–Crippen LogP) is 2.86. The summed E-state index contributed by atoms with van der Waals surface area (Å²) in [5.74, 6) is 0. The fourth-order valence-corrected chi connectivity index (χ4v) is 1.30. The number of hydroxylamine groups is 1. The van der Waals surface area contributed by atoms with Gasteiger partial charge in [0, 0.05) is 5.02 Å². The van der Waals surface area contributed by atoms with Crippen molar-refractivity contribution in [1.29, 1.82) is 0 Å². The average molecular weight is 200 g/mol. The SMILES string of the molecule is CONC(C)c1ccc(Cl)c(C)c1. The van der Waals surface area contributed by atoms with E-state index in [2.05, 4.69) is 11.5 Å². The highest BCUT2D eigenvalue weighted by Crippen LogP contribution is 2.20. The third-order valence-corrected chi connectivity index (χ3v) is 2.40. The zero-order valence-corrected chi connectivity index (χ0v) is 8.85. The van der Waals surface area contributed by atoms with E-state index in [0.717, 1.165) is 10.6 Å². The van der Waals surface area contributed by atoms with Crippen molar-refractivity contribution in [3.05, 3.63) is 34.3 Å². The molecule has 0 aliphatic carbocycles. The quantitative estimate of drug-likeness (QED) is 0.756. The minimum absolute atomic E-state index is 0.181. The Morgan fingerprint density at radius 3 is 2.69 bits per heavy atom. The van der Waals surface area contributed by atoms with Crippen molar-refractivity contribution in [3.8, 4) is 0 Å². The molecule has 1 aromatic rings. The summed E-state index contributed by atoms with van der Waals surface area (Å²) in [5.41, 5.74) is 5.12. The highest BCUT2D eigenvalue weighted by atomic mass is 35.5. The van der Waals surface area contributed by atoms with Gasteiger partial charge in [-0.1, -0.05) is 23.7 Å². The van der Waals surface area contributed by atoms with Gasteiger partial charge in [-0.3, -0.25) is 0 Å². The lowest BCUT2D eigenvalue weighted by Crippen LogP contribution is -2.16. The normalized spacial score (nSPS) is 12.9. The zero-order chi connectivity index (χ0) is 9.84. The Labute approximate surface area is 83.8 Å². The first-order valence-corrected chi connectivity index (χ1v) is 4.57. The van der Waals surface area contributed by atoms with Crippen LogP contribution in [0.3, 0.4) is 0 Å². The molecule has 1 atom stereocenters. The number of rotatable bonds is 3. The number of hydrogen-bond acceptors (Lipinski definition) is 2. The van der Waals surface area contributed by atoms with Gasteiger partial charge in [-0.25, -0.2) is 0 Å². The summed E-state index contributed by atoms with van der Waals surface area (Å²) < 4.78 is 0. The molecule has 0 aliphatic heterocycles. The molecule has 0 spiro atoms. The molecular weight excluding hydrogens is 186 g/mol. The Morgan fingerprint density at radius 2 is 2.15 bits per heavy atom. The molecule has 0 saturated carbocycles. The zero-order valence-electron chi connectivity index (χ0n) is 8.10. The minimum Gasteiger partial charge on any atom is -0.305 e. The van der Waals surface area contributed by atoms with E-state index in [1.807, 2.05) is 26.0 Å². The van der Waals surface area contributed by atoms with Gasteiger partial charge in [-0.05, 0) is 31.0 Å². The number of hydrogen-bond donors (Lipinski definition) is 1. The molecule has 0 fully saturated rings. The van der Waals surface area contributed by atoms with E-state index in [-0.39, 0.29) is 6.04 Å². The smallest absolute Gasteiger partial charge is 0.0572 e. The Hall–Kier alpha value is -0.570. The minimum atomic E-state index is 0.181. The Kier molecular flexibility index (Phi) is 3.72. The molecule has 72 valence electrons. The number of nitrogens with one attached hydrogen (secondary N) is 1. The van der Waals surface area contributed by atoms with Gasteiger partial charge in [-0.2, -0.15) is 5.48 Å². The largest absolute Gasteiger partial charge is 0.305 e. The van der Waals surface area contributed by atoms with Crippen LogP contribution < -0.4 is 5.48 Å². The van der Waals surface area contributed by atoms with E-state index in [1.54, 1.807) is 7.11 Å². The first kappa shape index (κ1) is 10.5. The molecule has 0 heterocycles. The maximum absolute atomic E-state index is 5.91. The summed E-state index contributed by atoms with van der Waals surface area (Å²) in [7, 11) is 1.61. The molecule has 0 radical (unpaired) electrons. The second-order valence-corrected chi connectivity index (χ2v) is 3.46. The molecule has 0 aromatic heterocycles. The van der Waals surface area contributed by atoms with Gasteiger partial charge < -0.3 is 4.84 Å². The summed E-state index contributed by atoms with van der Waals surface area (Å²) in [4.78, 5) is 4.85. The van der Waals surface area contributed by atoms with Crippen molar-refractivity contribution in [2.45, 2.75) is 19.9 Å². The van der Waals surface area contributed by atoms with Crippen LogP contribution >= 0.6 is 11.6 Å². The topological polar surface area (TPSA) is 21.3 Å². The summed E-state index contributed by atoms with van der Waals surface area (Å²) in [6.45, 7) is 4.03. The van der Waals surface area contributed by atoms with Crippen LogP contribution in [0.4, 0.5) is 0 Å². The van der Waals surface area contributed by atoms with Gasteiger partial charge in [0.2, 0.25) is 0 Å². The lowest BCUT2D eigenvalue weighted by molar-refractivity contribution is 0.0658. The van der Waals surface area contributed by atoms with Crippen LogP contribution in [0.25, 0.3) is 0 Å². The second-order valence-electron chi connectivity index (χ2n) is 3.05. The van der Waals surface area contributed by atoms with Gasteiger partial charge in [0.1, 0.15) is 0 Å². The van der Waals surface area contributed by atoms with Crippen molar-refractivity contribution < 1.29 is 4.84 Å². The number of aryl methyl sites for hydroxylation is 1. The van der Waals surface area contributed by atoms with Crippen molar-refractivity contribution in [2.75, 3.05) is 7.11 Å². The first-order valence-electron chi connectivity index (χ1n) is 4.19. The summed E-state index contributed by atoms with van der Waals surface area (Å²) in [6, 6.07) is 6.13. The van der Waals surface area contributed by atoms with Crippen LogP contribution in [0, 0.1) is 6.92 Å². The highest BCUT2D eigenvalue weighted by molar-refractivity contribution is 6.31. The van der Waals surface area contributed by atoms with Crippen LogP contribution in [-0.2, 0) is 4.84 Å². The maximum Gasteiger partial charge on any atom is 0.0572 e. The van der Waals surface area contributed by atoms with Crippen molar-refractivity contribution in [2.24, 2.45) is 0 Å². The molecule has 0 aliphatic rings. The molecule has 13 heavy (non-hydrogen) atoms. The van der Waals surface area contributed by atoms with Crippen LogP contribution in [-0.4, -0.2) is 7.11 Å². The van der Waals surface area contributed by atoms with E-state index < -0.39 is 0 Å². The number of halogens is 1. The van der Waals surface area contributed by atoms with Crippen LogP contribution in [0.2, 0.25) is 5.02 Å². The van der Waals surface area contributed by atoms with Crippen molar-refractivity contribution >= 4 is 11.6 Å². The van der Waals surface area contributed by atoms with E-state index in [1.165, 1.54) is 5.56 Å². The van der Waals surface area contributed by atoms with E-state index >= 15 is 0 Å². The van der Waals surface area contributed by atoms with Gasteiger partial charge >= 0.3 is 0 Å². The van der Waals surface area contributed by atoms with Crippen molar-refractivity contribution in [1.82, 2.24) is 5.48 Å². The van der Waals surface area contributed by atoms with Crippen LogP contribution in [0.1, 0.15) is 24.1 Å². The van der Waals surface area contributed by atoms with Crippen LogP contribution in [0.5, 0.6) is 0 Å². The van der Waals surface area contributed by atoms with E-state index in [0.29, 0.717) is 0 Å². The molecule has 0 bridgehead atoms. The molecule has 0 saturated heterocycles. The molecule has 2 nitrogen and oxygen atoms in total. The molecule has 3 heteroatoms. The number of benzene rings is 1. The van der Waals surface area contributed by atoms with Gasteiger partial charge in [0.25, 0.3) is 0 Å². The summed E-state index contributed by atoms with van der Waals surface area (Å²) in [5, 5.41) is 0.799. The van der Waals surface area contributed by atoms with Gasteiger partial charge in [-0.15, -0.1) is 0 Å². The molecule has 1 unspecified atom stereocenters. The lowest BCUT2D eigenvalue weighted by Gasteiger charge is -2.12. The van der Waals surface area contributed by atoms with E-state index in [9.17, 15) is 0 Å². The Balaban J connectivity index is 2.84. The summed E-state index contributed by atoms with van der Waals surface area (Å²) >= 11 is 5.91. The third-order valence-electron chi connectivity index (χ3n) is 1.98. The fourth-order valence-electron chi connectivity index (χ4n) is 1.18. The van der Waals surface area contributed by atoms with Crippen LogP contribution in [0.15, 0.2) is 18.2 Å². The molecule has 0 amide bonds. The maximum atomic E-state index is 5.91. The average Bonchev–Trinajstić information content (AvgIpc) is 2.10. The fraction of sp³-hybridized carbons (Fsp3) is 0.400. The molecule has 1 N–H and O–H groups in total. The standard InChI is InChI=1S/C10H14ClNO/c1-7-6-9(4-5-10(7)11)8(2)12-13-3/h4-6,8,12H,1-3H3. The first-order chi connectivity index (χ1) is 6.15. The molecule has 1 aromatic carbocycles. The summed E-state index contributed by atoms with van der Waals surface area (Å²) in [6.07, 6.45) is 0. The third kappa shape index (κ3) is 2.69. The highest BCUT2D eigenvalue weighted by Gasteiger charge is 2.05.